The number of hydrogen-bond donors (Lipinski definition) is 0. The molecule has 2 atom stereocenters. The Kier molecular flexibility index (Phi) is 5.41. The third kappa shape index (κ3) is 3.74. The summed E-state index contributed by atoms with van der Waals surface area (Å²) in [6, 6.07) is 21.8. The highest BCUT2D eigenvalue weighted by atomic mass is 16.5. The molecule has 4 heteroatoms. The predicted molar refractivity (Wildman–Crippen MR) is 130 cm³/mol. The van der Waals surface area contributed by atoms with Crippen molar-refractivity contribution in [2.75, 3.05) is 13.2 Å². The van der Waals surface area contributed by atoms with E-state index >= 15 is 0 Å². The number of aromatic nitrogens is 1. The van der Waals surface area contributed by atoms with Crippen LogP contribution in [0.1, 0.15) is 49.7 Å². The quantitative estimate of drug-likeness (QED) is 0.553. The smallest absolute Gasteiger partial charge is 0.233 e. The van der Waals surface area contributed by atoms with Crippen molar-refractivity contribution in [2.45, 2.75) is 62.4 Å². The van der Waals surface area contributed by atoms with E-state index in [-0.39, 0.29) is 0 Å². The molecule has 0 N–H and O–H groups in total. The lowest BCUT2D eigenvalue weighted by atomic mass is 9.72. The summed E-state index contributed by atoms with van der Waals surface area (Å²) in [5.41, 5.74) is 3.13. The van der Waals surface area contributed by atoms with Gasteiger partial charge in [0, 0.05) is 36.9 Å². The fraction of sp³-hybridized carbons (Fsp3) is 0.448. The maximum Gasteiger partial charge on any atom is 0.233 e. The molecule has 3 aromatic rings. The lowest BCUT2D eigenvalue weighted by Gasteiger charge is -2.46. The predicted octanol–water partition coefficient (Wildman–Crippen LogP) is 5.30. The van der Waals surface area contributed by atoms with Gasteiger partial charge in [-0.15, -0.1) is 0 Å². The highest BCUT2D eigenvalue weighted by molar-refractivity contribution is 5.89. The van der Waals surface area contributed by atoms with E-state index in [1.807, 2.05) is 18.3 Å². The molecule has 0 aliphatic carbocycles. The number of pyridine rings is 1. The molecule has 2 bridgehead atoms. The fourth-order valence-corrected chi connectivity index (χ4v) is 6.70. The fourth-order valence-electron chi connectivity index (χ4n) is 6.70. The number of fused-ring (bicyclic) bond motifs is 3. The number of nitrogens with zero attached hydrogens (tertiary/aromatic N) is 2. The summed E-state index contributed by atoms with van der Waals surface area (Å²) in [6.07, 6.45) is 9.19. The van der Waals surface area contributed by atoms with Crippen LogP contribution in [-0.2, 0) is 21.4 Å². The number of carbonyl (C=O) groups is 1. The topological polar surface area (TPSA) is 42.4 Å². The van der Waals surface area contributed by atoms with Gasteiger partial charge >= 0.3 is 0 Å². The number of ether oxygens (including phenoxy) is 1. The number of carbonyl (C=O) groups excluding carboxylic acids is 1. The van der Waals surface area contributed by atoms with Crippen LogP contribution in [0.2, 0.25) is 0 Å². The minimum atomic E-state index is -0.421. The highest BCUT2D eigenvalue weighted by Gasteiger charge is 2.51. The van der Waals surface area contributed by atoms with Crippen molar-refractivity contribution in [1.82, 2.24) is 9.88 Å². The Hall–Kier alpha value is -2.72. The molecule has 6 rings (SSSR count). The summed E-state index contributed by atoms with van der Waals surface area (Å²) in [5.74, 6) is 0.979. The molecule has 0 radical (unpaired) electrons. The number of hydrogen-bond acceptors (Lipinski definition) is 3. The Bertz CT molecular complexity index is 1120. The zero-order valence-electron chi connectivity index (χ0n) is 19.2. The SMILES string of the molecule is O=C(N1[C@H]2CC[C@H]1CC(Cc1cnc3ccccc3c1)C2)C1(c2ccccc2)CCOCC1. The summed E-state index contributed by atoms with van der Waals surface area (Å²) in [7, 11) is 0. The van der Waals surface area contributed by atoms with Gasteiger partial charge in [-0.25, -0.2) is 0 Å². The molecular formula is C29H32N2O2. The van der Waals surface area contributed by atoms with Gasteiger partial charge in [0.1, 0.15) is 0 Å². The van der Waals surface area contributed by atoms with Crippen molar-refractivity contribution in [3.8, 4) is 0 Å². The second-order valence-corrected chi connectivity index (χ2v) is 10.2. The van der Waals surface area contributed by atoms with Crippen LogP contribution >= 0.6 is 0 Å². The molecule has 1 aromatic heterocycles. The van der Waals surface area contributed by atoms with Crippen molar-refractivity contribution in [2.24, 2.45) is 5.92 Å². The van der Waals surface area contributed by atoms with E-state index in [2.05, 4.69) is 58.4 Å². The van der Waals surface area contributed by atoms with Gasteiger partial charge in [0.2, 0.25) is 5.91 Å². The Labute approximate surface area is 196 Å². The number of benzene rings is 2. The van der Waals surface area contributed by atoms with Crippen molar-refractivity contribution in [1.29, 1.82) is 0 Å². The summed E-state index contributed by atoms with van der Waals surface area (Å²) < 4.78 is 5.69. The third-order valence-electron chi connectivity index (χ3n) is 8.32. The first-order chi connectivity index (χ1) is 16.2. The number of amides is 1. The van der Waals surface area contributed by atoms with Gasteiger partial charge in [-0.2, -0.15) is 0 Å². The molecule has 2 aromatic carbocycles. The Balaban J connectivity index is 1.22. The Morgan fingerprint density at radius 3 is 2.42 bits per heavy atom. The Morgan fingerprint density at radius 1 is 0.970 bits per heavy atom. The van der Waals surface area contributed by atoms with E-state index in [4.69, 9.17) is 4.74 Å². The molecule has 0 unspecified atom stereocenters. The van der Waals surface area contributed by atoms with Crippen LogP contribution in [-0.4, -0.2) is 41.1 Å². The van der Waals surface area contributed by atoms with Gasteiger partial charge < -0.3 is 9.64 Å². The van der Waals surface area contributed by atoms with E-state index < -0.39 is 5.41 Å². The van der Waals surface area contributed by atoms with Gasteiger partial charge in [-0.3, -0.25) is 9.78 Å². The summed E-state index contributed by atoms with van der Waals surface area (Å²) >= 11 is 0. The molecule has 1 amide bonds. The van der Waals surface area contributed by atoms with Crippen LogP contribution in [0.25, 0.3) is 10.9 Å². The molecule has 3 saturated heterocycles. The van der Waals surface area contributed by atoms with Crippen LogP contribution < -0.4 is 0 Å². The molecule has 0 saturated carbocycles. The van der Waals surface area contributed by atoms with Gasteiger partial charge in [-0.1, -0.05) is 48.5 Å². The monoisotopic (exact) mass is 440 g/mol. The molecule has 170 valence electrons. The summed E-state index contributed by atoms with van der Waals surface area (Å²) in [6.45, 7) is 1.34. The standard InChI is InChI=1S/C29H32N2O2/c32-28(29(12-14-33-15-13-29)24-7-2-1-3-8-24)31-25-10-11-26(31)19-21(18-25)16-22-17-23-6-4-5-9-27(23)30-20-22/h1-9,17,20-21,25-26H,10-16,18-19H2/t25-,26-/m0/s1. The van der Waals surface area contributed by atoms with Crippen molar-refractivity contribution in [3.05, 3.63) is 78.0 Å². The number of rotatable bonds is 4. The lowest BCUT2D eigenvalue weighted by Crippen LogP contribution is -2.56. The molecule has 3 aliphatic rings. The molecule has 0 spiro atoms. The third-order valence-corrected chi connectivity index (χ3v) is 8.32. The molecule has 4 nitrogen and oxygen atoms in total. The minimum Gasteiger partial charge on any atom is -0.381 e. The first-order valence-electron chi connectivity index (χ1n) is 12.5. The lowest BCUT2D eigenvalue weighted by molar-refractivity contribution is -0.146. The van der Waals surface area contributed by atoms with E-state index in [1.54, 1.807) is 0 Å². The van der Waals surface area contributed by atoms with E-state index in [0.717, 1.165) is 50.5 Å². The molecular weight excluding hydrogens is 408 g/mol. The number of piperidine rings is 1. The van der Waals surface area contributed by atoms with Crippen LogP contribution in [0, 0.1) is 5.92 Å². The van der Waals surface area contributed by atoms with Crippen LogP contribution in [0.4, 0.5) is 0 Å². The first kappa shape index (κ1) is 20.9. The van der Waals surface area contributed by atoms with Crippen molar-refractivity contribution >= 4 is 16.8 Å². The van der Waals surface area contributed by atoms with Crippen LogP contribution in [0.5, 0.6) is 0 Å². The molecule has 4 heterocycles. The molecule has 33 heavy (non-hydrogen) atoms. The first-order valence-corrected chi connectivity index (χ1v) is 12.5. The van der Waals surface area contributed by atoms with Crippen molar-refractivity contribution < 1.29 is 9.53 Å². The Morgan fingerprint density at radius 2 is 1.67 bits per heavy atom. The van der Waals surface area contributed by atoms with E-state index in [0.29, 0.717) is 37.1 Å². The van der Waals surface area contributed by atoms with Crippen LogP contribution in [0.15, 0.2) is 66.9 Å². The largest absolute Gasteiger partial charge is 0.381 e. The zero-order chi connectivity index (χ0) is 22.3. The number of para-hydroxylation sites is 1. The van der Waals surface area contributed by atoms with Gasteiger partial charge in [0.15, 0.2) is 0 Å². The normalized spacial score (nSPS) is 26.4. The minimum absolute atomic E-state index is 0.357. The van der Waals surface area contributed by atoms with E-state index in [1.165, 1.54) is 16.5 Å². The van der Waals surface area contributed by atoms with Gasteiger partial charge in [0.25, 0.3) is 0 Å². The second kappa shape index (κ2) is 8.57. The molecule has 3 fully saturated rings. The average Bonchev–Trinajstić information content (AvgIpc) is 3.14. The second-order valence-electron chi connectivity index (χ2n) is 10.2. The summed E-state index contributed by atoms with van der Waals surface area (Å²) in [4.78, 5) is 21.2. The van der Waals surface area contributed by atoms with Crippen molar-refractivity contribution in [3.63, 3.8) is 0 Å². The van der Waals surface area contributed by atoms with Gasteiger partial charge in [0.05, 0.1) is 10.9 Å². The van der Waals surface area contributed by atoms with Crippen LogP contribution in [0.3, 0.4) is 0 Å². The average molecular weight is 441 g/mol. The van der Waals surface area contributed by atoms with E-state index in [9.17, 15) is 4.79 Å². The van der Waals surface area contributed by atoms with Gasteiger partial charge in [-0.05, 0) is 74.1 Å². The summed E-state index contributed by atoms with van der Waals surface area (Å²) in [5, 5.41) is 1.22. The molecule has 3 aliphatic heterocycles. The highest BCUT2D eigenvalue weighted by Crippen LogP contribution is 2.45. The maximum absolute atomic E-state index is 14.2. The maximum atomic E-state index is 14.2. The zero-order valence-corrected chi connectivity index (χ0v) is 19.2.